The van der Waals surface area contributed by atoms with Crippen LogP contribution >= 0.6 is 11.8 Å². The Morgan fingerprint density at radius 1 is 1.07 bits per heavy atom. The largest absolute Gasteiger partial charge is 0.326 e. The van der Waals surface area contributed by atoms with Gasteiger partial charge in [0, 0.05) is 36.7 Å². The molecule has 1 N–H and O–H groups in total. The minimum absolute atomic E-state index is 0.0122. The van der Waals surface area contributed by atoms with Crippen molar-refractivity contribution in [2.24, 2.45) is 0 Å². The number of nitrogens with zero attached hydrogens (tertiary/aromatic N) is 2. The first-order valence-electron chi connectivity index (χ1n) is 10.5. The van der Waals surface area contributed by atoms with Crippen molar-refractivity contribution in [3.05, 3.63) is 70.4 Å². The number of imidazole rings is 1. The maximum absolute atomic E-state index is 13.2. The molecule has 2 aromatic carbocycles. The summed E-state index contributed by atoms with van der Waals surface area (Å²) in [5, 5.41) is 0.636. The molecule has 6 heteroatoms. The fourth-order valence-electron chi connectivity index (χ4n) is 4.89. The van der Waals surface area contributed by atoms with Crippen LogP contribution in [-0.4, -0.2) is 45.1 Å². The maximum Gasteiger partial charge on any atom is 0.326 e. The van der Waals surface area contributed by atoms with E-state index in [0.29, 0.717) is 11.2 Å². The van der Waals surface area contributed by atoms with E-state index in [9.17, 15) is 9.18 Å². The van der Waals surface area contributed by atoms with Gasteiger partial charge in [-0.1, -0.05) is 24.3 Å². The average Bonchev–Trinajstić information content (AvgIpc) is 3.33. The Balaban J connectivity index is 1.18. The Hall–Kier alpha value is -2.05. The van der Waals surface area contributed by atoms with Gasteiger partial charge in [-0.25, -0.2) is 9.18 Å². The molecule has 1 aromatic heterocycles. The molecule has 0 aliphatic carbocycles. The van der Waals surface area contributed by atoms with Crippen LogP contribution < -0.4 is 5.69 Å². The van der Waals surface area contributed by atoms with E-state index in [0.717, 1.165) is 55.7 Å². The number of benzene rings is 2. The molecule has 4 nitrogen and oxygen atoms in total. The van der Waals surface area contributed by atoms with Crippen molar-refractivity contribution in [1.82, 2.24) is 14.5 Å². The molecule has 29 heavy (non-hydrogen) atoms. The van der Waals surface area contributed by atoms with E-state index >= 15 is 0 Å². The minimum atomic E-state index is -0.159. The number of aromatic amines is 1. The van der Waals surface area contributed by atoms with Gasteiger partial charge in [0.25, 0.3) is 0 Å². The number of likely N-dealkylation sites (tertiary alicyclic amines) is 1. The number of H-pyrrole nitrogens is 1. The number of para-hydroxylation sites is 2. The predicted octanol–water partition coefficient (Wildman–Crippen LogP) is 4.39. The van der Waals surface area contributed by atoms with Crippen molar-refractivity contribution in [3.8, 4) is 0 Å². The molecule has 2 aliphatic rings. The summed E-state index contributed by atoms with van der Waals surface area (Å²) < 4.78 is 15.1. The topological polar surface area (TPSA) is 41.0 Å². The molecular weight excluding hydrogens is 385 g/mol. The van der Waals surface area contributed by atoms with Crippen LogP contribution in [0.3, 0.4) is 0 Å². The maximum atomic E-state index is 13.2. The predicted molar refractivity (Wildman–Crippen MR) is 117 cm³/mol. The number of aromatic nitrogens is 2. The number of hydrogen-bond donors (Lipinski definition) is 1. The van der Waals surface area contributed by atoms with Gasteiger partial charge in [0.2, 0.25) is 0 Å². The van der Waals surface area contributed by atoms with Crippen molar-refractivity contribution in [2.45, 2.75) is 36.5 Å². The molecular formula is C23H26FN3OS. The SMILES string of the molecule is O=c1[nH]c2ccccc2n1C1CCN(CC2CC(c3ccc(F)cc3)CS2)CC1. The highest BCUT2D eigenvalue weighted by molar-refractivity contribution is 8.00. The molecule has 5 rings (SSSR count). The lowest BCUT2D eigenvalue weighted by molar-refractivity contribution is 0.186. The molecule has 2 saturated heterocycles. The fourth-order valence-corrected chi connectivity index (χ4v) is 6.40. The van der Waals surface area contributed by atoms with Crippen molar-refractivity contribution in [2.75, 3.05) is 25.4 Å². The summed E-state index contributed by atoms with van der Waals surface area (Å²) in [6.07, 6.45) is 3.19. The summed E-state index contributed by atoms with van der Waals surface area (Å²) in [5.41, 5.74) is 3.22. The van der Waals surface area contributed by atoms with Crippen molar-refractivity contribution >= 4 is 22.8 Å². The van der Waals surface area contributed by atoms with Crippen molar-refractivity contribution < 1.29 is 4.39 Å². The van der Waals surface area contributed by atoms with Gasteiger partial charge in [0.05, 0.1) is 11.0 Å². The highest BCUT2D eigenvalue weighted by atomic mass is 32.2. The normalized spacial score (nSPS) is 23.8. The Morgan fingerprint density at radius 3 is 2.62 bits per heavy atom. The van der Waals surface area contributed by atoms with Gasteiger partial charge in [-0.3, -0.25) is 4.57 Å². The molecule has 0 saturated carbocycles. The number of nitrogens with one attached hydrogen (secondary N) is 1. The van der Waals surface area contributed by atoms with Gasteiger partial charge in [-0.05, 0) is 55.0 Å². The van der Waals surface area contributed by atoms with Crippen molar-refractivity contribution in [1.29, 1.82) is 0 Å². The number of rotatable bonds is 4. The quantitative estimate of drug-likeness (QED) is 0.692. The number of hydrogen-bond acceptors (Lipinski definition) is 3. The molecule has 0 bridgehead atoms. The Bertz CT molecular complexity index is 1040. The fraction of sp³-hybridized carbons (Fsp3) is 0.435. The Labute approximate surface area is 174 Å². The number of fused-ring (bicyclic) bond motifs is 1. The summed E-state index contributed by atoms with van der Waals surface area (Å²) in [4.78, 5) is 18.0. The van der Waals surface area contributed by atoms with Crippen LogP contribution in [0.2, 0.25) is 0 Å². The van der Waals surface area contributed by atoms with Crippen molar-refractivity contribution in [3.63, 3.8) is 0 Å². The monoisotopic (exact) mass is 411 g/mol. The number of halogens is 1. The zero-order chi connectivity index (χ0) is 19.8. The third kappa shape index (κ3) is 3.88. The van der Waals surface area contributed by atoms with E-state index in [1.54, 1.807) is 12.1 Å². The second kappa shape index (κ2) is 8.00. The number of thioether (sulfide) groups is 1. The van der Waals surface area contributed by atoms with Gasteiger partial charge in [0.15, 0.2) is 0 Å². The lowest BCUT2D eigenvalue weighted by Crippen LogP contribution is -2.39. The summed E-state index contributed by atoms with van der Waals surface area (Å²) in [6.45, 7) is 3.18. The first-order valence-corrected chi connectivity index (χ1v) is 11.5. The van der Waals surface area contributed by atoms with Crippen LogP contribution in [0.1, 0.15) is 36.8 Å². The summed E-state index contributed by atoms with van der Waals surface area (Å²) in [6, 6.07) is 15.3. The second-order valence-electron chi connectivity index (χ2n) is 8.29. The summed E-state index contributed by atoms with van der Waals surface area (Å²) in [5.74, 6) is 1.50. The van der Waals surface area contributed by atoms with Gasteiger partial charge in [0.1, 0.15) is 5.82 Å². The van der Waals surface area contributed by atoms with Gasteiger partial charge < -0.3 is 9.88 Å². The molecule has 2 unspecified atom stereocenters. The summed E-state index contributed by atoms with van der Waals surface area (Å²) >= 11 is 2.05. The van der Waals surface area contributed by atoms with E-state index in [4.69, 9.17) is 0 Å². The van der Waals surface area contributed by atoms with Crippen LogP contribution in [-0.2, 0) is 0 Å². The zero-order valence-electron chi connectivity index (χ0n) is 16.4. The van der Waals surface area contributed by atoms with Gasteiger partial charge in [-0.2, -0.15) is 11.8 Å². The van der Waals surface area contributed by atoms with Crippen LogP contribution in [0.4, 0.5) is 4.39 Å². The lowest BCUT2D eigenvalue weighted by atomic mass is 9.96. The molecule has 2 fully saturated rings. The van der Waals surface area contributed by atoms with Gasteiger partial charge >= 0.3 is 5.69 Å². The van der Waals surface area contributed by atoms with E-state index < -0.39 is 0 Å². The molecule has 3 heterocycles. The molecule has 152 valence electrons. The third-order valence-corrected chi connectivity index (χ3v) is 7.84. The van der Waals surface area contributed by atoms with E-state index in [1.165, 1.54) is 5.56 Å². The Morgan fingerprint density at radius 2 is 1.83 bits per heavy atom. The molecule has 2 aliphatic heterocycles. The highest BCUT2D eigenvalue weighted by Gasteiger charge is 2.30. The van der Waals surface area contributed by atoms with Crippen LogP contribution in [0, 0.1) is 5.82 Å². The first-order chi connectivity index (χ1) is 14.2. The zero-order valence-corrected chi connectivity index (χ0v) is 17.2. The van der Waals surface area contributed by atoms with Gasteiger partial charge in [-0.15, -0.1) is 0 Å². The smallest absolute Gasteiger partial charge is 0.306 e. The summed E-state index contributed by atoms with van der Waals surface area (Å²) in [7, 11) is 0. The minimum Gasteiger partial charge on any atom is -0.306 e. The highest BCUT2D eigenvalue weighted by Crippen LogP contribution is 2.39. The molecule has 0 amide bonds. The average molecular weight is 412 g/mol. The molecule has 2 atom stereocenters. The van der Waals surface area contributed by atoms with Crippen LogP contribution in [0.15, 0.2) is 53.3 Å². The van der Waals surface area contributed by atoms with Crippen LogP contribution in [0.25, 0.3) is 11.0 Å². The molecule has 0 spiro atoms. The number of piperidine rings is 1. The third-order valence-electron chi connectivity index (χ3n) is 6.43. The van der Waals surface area contributed by atoms with E-state index in [2.05, 4.69) is 21.6 Å². The first kappa shape index (κ1) is 18.9. The molecule has 3 aromatic rings. The standard InChI is InChI=1S/C23H26FN3OS/c24-18-7-5-16(6-8-18)17-13-20(29-15-17)14-26-11-9-19(10-12-26)27-22-4-2-1-3-21(22)25-23(27)28/h1-8,17,19-20H,9-15H2,(H,25,28). The second-order valence-corrected chi connectivity index (χ2v) is 9.62. The molecule has 0 radical (unpaired) electrons. The van der Waals surface area contributed by atoms with E-state index in [-0.39, 0.29) is 17.5 Å². The lowest BCUT2D eigenvalue weighted by Gasteiger charge is -2.33. The van der Waals surface area contributed by atoms with Crippen LogP contribution in [0.5, 0.6) is 0 Å². The Kier molecular flexibility index (Phi) is 5.22. The van der Waals surface area contributed by atoms with E-state index in [1.807, 2.05) is 41.0 Å².